The van der Waals surface area contributed by atoms with Crippen molar-refractivity contribution in [1.82, 2.24) is 10.3 Å². The van der Waals surface area contributed by atoms with Gasteiger partial charge in [-0.15, -0.1) is 0 Å². The summed E-state index contributed by atoms with van der Waals surface area (Å²) in [4.78, 5) is 16.7. The molecule has 1 heterocycles. The quantitative estimate of drug-likeness (QED) is 0.883. The third-order valence-electron chi connectivity index (χ3n) is 5.37. The van der Waals surface area contributed by atoms with E-state index in [2.05, 4.69) is 15.6 Å². The van der Waals surface area contributed by atoms with Crippen LogP contribution in [0.3, 0.4) is 0 Å². The first kappa shape index (κ1) is 12.2. The zero-order valence-corrected chi connectivity index (χ0v) is 11.8. The maximum atomic E-state index is 12.3. The third-order valence-corrected chi connectivity index (χ3v) is 5.37. The van der Waals surface area contributed by atoms with Crippen molar-refractivity contribution in [1.29, 1.82) is 0 Å². The van der Waals surface area contributed by atoms with Crippen LogP contribution in [-0.2, 0) is 0 Å². The van der Waals surface area contributed by atoms with Gasteiger partial charge in [-0.3, -0.25) is 4.79 Å². The molecule has 1 aromatic rings. The molecule has 4 unspecified atom stereocenters. The lowest BCUT2D eigenvalue weighted by Gasteiger charge is -2.11. The molecule has 2 N–H and O–H groups in total. The number of amides is 1. The Hall–Kier alpha value is -1.58. The maximum Gasteiger partial charge on any atom is 0.270 e. The lowest BCUT2D eigenvalue weighted by molar-refractivity contribution is 0.0939. The Morgan fingerprint density at radius 3 is 2.75 bits per heavy atom. The Morgan fingerprint density at radius 2 is 2.05 bits per heavy atom. The van der Waals surface area contributed by atoms with Crippen LogP contribution in [0.5, 0.6) is 0 Å². The van der Waals surface area contributed by atoms with Crippen molar-refractivity contribution in [2.45, 2.75) is 32.2 Å². The van der Waals surface area contributed by atoms with Gasteiger partial charge in [0.15, 0.2) is 0 Å². The summed E-state index contributed by atoms with van der Waals surface area (Å²) in [6.07, 6.45) is 4.18. The zero-order valence-electron chi connectivity index (χ0n) is 11.8. The number of pyridine rings is 1. The van der Waals surface area contributed by atoms with E-state index in [0.29, 0.717) is 11.7 Å². The molecule has 3 fully saturated rings. The third kappa shape index (κ3) is 1.81. The van der Waals surface area contributed by atoms with Crippen LogP contribution in [0.1, 0.15) is 36.7 Å². The topological polar surface area (TPSA) is 54.0 Å². The fourth-order valence-electron chi connectivity index (χ4n) is 4.58. The summed E-state index contributed by atoms with van der Waals surface area (Å²) < 4.78 is 0. The molecule has 4 rings (SSSR count). The SMILES string of the molecule is CCNc1cccc(C(=O)NC2C3C4CCC(C4)C23)n1. The van der Waals surface area contributed by atoms with E-state index < -0.39 is 0 Å². The molecule has 0 saturated heterocycles. The zero-order chi connectivity index (χ0) is 13.7. The summed E-state index contributed by atoms with van der Waals surface area (Å²) in [5.74, 6) is 4.08. The molecule has 0 spiro atoms. The largest absolute Gasteiger partial charge is 0.370 e. The van der Waals surface area contributed by atoms with Crippen LogP contribution >= 0.6 is 0 Å². The fraction of sp³-hybridized carbons (Fsp3) is 0.625. The highest BCUT2D eigenvalue weighted by molar-refractivity contribution is 5.93. The van der Waals surface area contributed by atoms with Gasteiger partial charge in [0.25, 0.3) is 5.91 Å². The van der Waals surface area contributed by atoms with Gasteiger partial charge < -0.3 is 10.6 Å². The van der Waals surface area contributed by atoms with E-state index in [-0.39, 0.29) is 5.91 Å². The first-order chi connectivity index (χ1) is 9.78. The molecule has 4 nitrogen and oxygen atoms in total. The molecular weight excluding hydrogens is 250 g/mol. The van der Waals surface area contributed by atoms with Crippen LogP contribution in [0, 0.1) is 23.7 Å². The average molecular weight is 271 g/mol. The maximum absolute atomic E-state index is 12.3. The lowest BCUT2D eigenvalue weighted by atomic mass is 10.0. The number of aromatic nitrogens is 1. The van der Waals surface area contributed by atoms with Crippen LogP contribution in [0.25, 0.3) is 0 Å². The highest BCUT2D eigenvalue weighted by Crippen LogP contribution is 2.65. The van der Waals surface area contributed by atoms with Crippen LogP contribution in [0.2, 0.25) is 0 Å². The number of nitrogens with one attached hydrogen (secondary N) is 2. The molecule has 3 aliphatic rings. The Bertz CT molecular complexity index is 528. The van der Waals surface area contributed by atoms with E-state index in [1.54, 1.807) is 6.07 Å². The summed E-state index contributed by atoms with van der Waals surface area (Å²) in [5.41, 5.74) is 0.528. The number of hydrogen-bond donors (Lipinski definition) is 2. The van der Waals surface area contributed by atoms with Crippen LogP contribution in [0.4, 0.5) is 5.82 Å². The second kappa shape index (κ2) is 4.47. The van der Waals surface area contributed by atoms with Crippen molar-refractivity contribution < 1.29 is 4.79 Å². The lowest BCUT2D eigenvalue weighted by Crippen LogP contribution is -2.30. The van der Waals surface area contributed by atoms with Gasteiger partial charge in [-0.05, 0) is 62.0 Å². The minimum absolute atomic E-state index is 0.0106. The Labute approximate surface area is 119 Å². The molecule has 106 valence electrons. The summed E-state index contributed by atoms with van der Waals surface area (Å²) in [6.45, 7) is 2.84. The molecule has 2 bridgehead atoms. The number of anilines is 1. The van der Waals surface area contributed by atoms with Gasteiger partial charge in [0.05, 0.1) is 0 Å². The molecule has 3 aliphatic carbocycles. The van der Waals surface area contributed by atoms with Gasteiger partial charge >= 0.3 is 0 Å². The first-order valence-electron chi connectivity index (χ1n) is 7.79. The molecule has 4 atom stereocenters. The molecule has 0 aromatic carbocycles. The molecule has 4 heteroatoms. The van der Waals surface area contributed by atoms with Gasteiger partial charge in [-0.2, -0.15) is 0 Å². The number of rotatable bonds is 4. The number of hydrogen-bond acceptors (Lipinski definition) is 3. The van der Waals surface area contributed by atoms with Gasteiger partial charge in [0, 0.05) is 12.6 Å². The number of carbonyl (C=O) groups is 1. The van der Waals surface area contributed by atoms with E-state index in [1.807, 2.05) is 19.1 Å². The highest BCUT2D eigenvalue weighted by atomic mass is 16.2. The van der Waals surface area contributed by atoms with Gasteiger partial charge in [0.1, 0.15) is 11.5 Å². The van der Waals surface area contributed by atoms with Crippen molar-refractivity contribution >= 4 is 11.7 Å². The first-order valence-corrected chi connectivity index (χ1v) is 7.79. The van der Waals surface area contributed by atoms with E-state index >= 15 is 0 Å². The minimum atomic E-state index is -0.0106. The molecule has 1 aromatic heterocycles. The smallest absolute Gasteiger partial charge is 0.270 e. The summed E-state index contributed by atoms with van der Waals surface area (Å²) in [6, 6.07) is 6.01. The van der Waals surface area contributed by atoms with Crippen molar-refractivity contribution in [3.63, 3.8) is 0 Å². The van der Waals surface area contributed by atoms with Crippen molar-refractivity contribution in [3.05, 3.63) is 23.9 Å². The molecule has 20 heavy (non-hydrogen) atoms. The predicted molar refractivity (Wildman–Crippen MR) is 77.5 cm³/mol. The minimum Gasteiger partial charge on any atom is -0.370 e. The molecule has 0 aliphatic heterocycles. The predicted octanol–water partition coefficient (Wildman–Crippen LogP) is 2.29. The highest BCUT2D eigenvalue weighted by Gasteiger charge is 2.65. The second-order valence-corrected chi connectivity index (χ2v) is 6.43. The van der Waals surface area contributed by atoms with E-state index in [4.69, 9.17) is 0 Å². The molecule has 3 saturated carbocycles. The normalized spacial score (nSPS) is 36.5. The average Bonchev–Trinajstić information content (AvgIpc) is 2.84. The summed E-state index contributed by atoms with van der Waals surface area (Å²) >= 11 is 0. The Kier molecular flexibility index (Phi) is 2.72. The Balaban J connectivity index is 1.43. The van der Waals surface area contributed by atoms with E-state index in [1.165, 1.54) is 19.3 Å². The molecular formula is C16H21N3O. The monoisotopic (exact) mass is 271 g/mol. The summed E-state index contributed by atoms with van der Waals surface area (Å²) in [7, 11) is 0. The second-order valence-electron chi connectivity index (χ2n) is 6.43. The van der Waals surface area contributed by atoms with Gasteiger partial charge in [-0.1, -0.05) is 6.07 Å². The van der Waals surface area contributed by atoms with Crippen molar-refractivity contribution in [2.75, 3.05) is 11.9 Å². The van der Waals surface area contributed by atoms with Crippen molar-refractivity contribution in [3.8, 4) is 0 Å². The fourth-order valence-corrected chi connectivity index (χ4v) is 4.58. The molecule has 0 radical (unpaired) electrons. The number of nitrogens with zero attached hydrogens (tertiary/aromatic N) is 1. The van der Waals surface area contributed by atoms with E-state index in [9.17, 15) is 4.79 Å². The Morgan fingerprint density at radius 1 is 1.30 bits per heavy atom. The standard InChI is InChI=1S/C16H21N3O/c1-2-17-12-5-3-4-11(18-12)16(20)19-15-13-9-6-7-10(8-9)14(13)15/h3-5,9-10,13-15H,2,6-8H2,1H3,(H,17,18)(H,19,20). The van der Waals surface area contributed by atoms with E-state index in [0.717, 1.165) is 36.0 Å². The van der Waals surface area contributed by atoms with Crippen LogP contribution in [0.15, 0.2) is 18.2 Å². The van der Waals surface area contributed by atoms with Crippen molar-refractivity contribution in [2.24, 2.45) is 23.7 Å². The number of fused-ring (bicyclic) bond motifs is 5. The van der Waals surface area contributed by atoms with Gasteiger partial charge in [-0.25, -0.2) is 4.98 Å². The molecule has 1 amide bonds. The number of carbonyl (C=O) groups excluding carboxylic acids is 1. The summed E-state index contributed by atoms with van der Waals surface area (Å²) in [5, 5.41) is 6.36. The van der Waals surface area contributed by atoms with Crippen LogP contribution < -0.4 is 10.6 Å². The van der Waals surface area contributed by atoms with Crippen LogP contribution in [-0.4, -0.2) is 23.5 Å². The van der Waals surface area contributed by atoms with Gasteiger partial charge in [0.2, 0.25) is 0 Å².